The number of carbonyl (C=O) groups excluding carboxylic acids is 4. The third-order valence-corrected chi connectivity index (χ3v) is 6.85. The van der Waals surface area contributed by atoms with Crippen LogP contribution in [-0.4, -0.2) is 52.2 Å². The molecule has 272 valence electrons. The molecule has 52 heavy (non-hydrogen) atoms. The fourth-order valence-electron chi connectivity index (χ4n) is 4.37. The number of phenols is 1. The summed E-state index contributed by atoms with van der Waals surface area (Å²) in [6.45, 7) is 8.64. The molecule has 0 unspecified atom stereocenters. The largest absolute Gasteiger partial charge is 0.507 e. The highest BCUT2D eigenvalue weighted by atomic mass is 35.5. The number of hydrogen-bond acceptors (Lipinski definition) is 13. The lowest BCUT2D eigenvalue weighted by Crippen LogP contribution is -2.39. The highest BCUT2D eigenvalue weighted by Gasteiger charge is 2.34. The van der Waals surface area contributed by atoms with Gasteiger partial charge in [-0.3, -0.25) is 14.4 Å². The quantitative estimate of drug-likeness (QED) is 0.0714. The van der Waals surface area contributed by atoms with E-state index in [9.17, 15) is 33.6 Å². The van der Waals surface area contributed by atoms with E-state index in [1.807, 2.05) is 32.9 Å². The van der Waals surface area contributed by atoms with Gasteiger partial charge in [-0.1, -0.05) is 41.9 Å². The predicted octanol–water partition coefficient (Wildman–Crippen LogP) is 5.98. The highest BCUT2D eigenvalue weighted by molar-refractivity contribution is 6.17. The van der Waals surface area contributed by atoms with Crippen molar-refractivity contribution in [3.05, 3.63) is 121 Å². The van der Waals surface area contributed by atoms with Gasteiger partial charge in [0, 0.05) is 24.6 Å². The Morgan fingerprint density at radius 1 is 0.769 bits per heavy atom. The molecule has 0 aliphatic carbocycles. The Morgan fingerprint density at radius 3 is 1.67 bits per heavy atom. The van der Waals surface area contributed by atoms with Gasteiger partial charge in [-0.05, 0) is 73.9 Å². The molecule has 0 amide bonds. The minimum Gasteiger partial charge on any atom is -0.507 e. The maximum Gasteiger partial charge on any atom is 0.351 e. The average molecular weight is 737 g/mol. The summed E-state index contributed by atoms with van der Waals surface area (Å²) in [7, 11) is 0. The second-order valence-electron chi connectivity index (χ2n) is 11.5. The fourth-order valence-corrected chi connectivity index (χ4v) is 4.47. The first-order valence-corrected chi connectivity index (χ1v) is 15.7. The van der Waals surface area contributed by atoms with E-state index < -0.39 is 40.9 Å². The number of carboxylic acid groups (broad SMARTS) is 1. The maximum absolute atomic E-state index is 11.6. The van der Waals surface area contributed by atoms with Gasteiger partial charge in [-0.15, -0.1) is 0 Å². The fraction of sp³-hybridized carbons (Fsp3) is 0.216. The SMILES string of the molecule is CC1(C)OC(=O)CC(=O)O1.Cc1ccc(C=O)c(O)c1.Cc1ccc2cc(C(=O)O)c(=O)oc2c1.Cc1ccc2cc(C(=O)OCCl)c(=O)oc2c1. The van der Waals surface area contributed by atoms with Crippen LogP contribution in [0.4, 0.5) is 0 Å². The zero-order valence-corrected chi connectivity index (χ0v) is 29.3. The molecular formula is C37H33ClO14. The van der Waals surface area contributed by atoms with Crippen molar-refractivity contribution in [1.82, 2.24) is 0 Å². The number of esters is 3. The lowest BCUT2D eigenvalue weighted by molar-refractivity contribution is -0.231. The van der Waals surface area contributed by atoms with Crippen LogP contribution >= 0.6 is 11.6 Å². The molecule has 2 aromatic heterocycles. The number of cyclic esters (lactones) is 2. The minimum absolute atomic E-state index is 0.0509. The zero-order valence-electron chi connectivity index (χ0n) is 28.5. The van der Waals surface area contributed by atoms with Crippen molar-refractivity contribution in [3.63, 3.8) is 0 Å². The van der Waals surface area contributed by atoms with E-state index in [4.69, 9.17) is 30.6 Å². The number of benzene rings is 3. The van der Waals surface area contributed by atoms with Crippen LogP contribution in [0.25, 0.3) is 21.9 Å². The van der Waals surface area contributed by atoms with Gasteiger partial charge in [0.1, 0.15) is 34.5 Å². The van der Waals surface area contributed by atoms with Crippen LogP contribution in [0.1, 0.15) is 68.0 Å². The number of aldehydes is 1. The van der Waals surface area contributed by atoms with Crippen LogP contribution in [0.5, 0.6) is 5.75 Å². The summed E-state index contributed by atoms with van der Waals surface area (Å²) in [4.78, 5) is 76.2. The van der Waals surface area contributed by atoms with Gasteiger partial charge in [-0.2, -0.15) is 0 Å². The summed E-state index contributed by atoms with van der Waals surface area (Å²) in [5.74, 6) is -4.13. The normalized spacial score (nSPS) is 12.7. The molecular weight excluding hydrogens is 704 g/mol. The maximum atomic E-state index is 11.6. The number of aryl methyl sites for hydroxylation is 3. The molecule has 0 spiro atoms. The first kappa shape index (κ1) is 40.2. The molecule has 3 aromatic carbocycles. The second-order valence-corrected chi connectivity index (χ2v) is 11.7. The lowest BCUT2D eigenvalue weighted by atomic mass is 10.1. The van der Waals surface area contributed by atoms with E-state index in [1.165, 1.54) is 26.0 Å². The van der Waals surface area contributed by atoms with Crippen LogP contribution in [-0.2, 0) is 23.8 Å². The third kappa shape index (κ3) is 11.4. The Morgan fingerprint density at radius 2 is 1.23 bits per heavy atom. The summed E-state index contributed by atoms with van der Waals surface area (Å²) in [5, 5.41) is 19.1. The summed E-state index contributed by atoms with van der Waals surface area (Å²) in [5.41, 5.74) is 2.02. The van der Waals surface area contributed by atoms with Gasteiger partial charge < -0.3 is 33.3 Å². The second kappa shape index (κ2) is 17.6. The van der Waals surface area contributed by atoms with Crippen LogP contribution < -0.4 is 11.3 Å². The highest BCUT2D eigenvalue weighted by Crippen LogP contribution is 2.19. The molecule has 15 heteroatoms. The predicted molar refractivity (Wildman–Crippen MR) is 187 cm³/mol. The van der Waals surface area contributed by atoms with Crippen LogP contribution in [0, 0.1) is 20.8 Å². The van der Waals surface area contributed by atoms with Gasteiger partial charge in [0.25, 0.3) is 5.79 Å². The number of alkyl halides is 1. The van der Waals surface area contributed by atoms with Gasteiger partial charge in [-0.25, -0.2) is 19.2 Å². The molecule has 5 aromatic rings. The number of fused-ring (bicyclic) bond motifs is 2. The van der Waals surface area contributed by atoms with Crippen LogP contribution in [0.3, 0.4) is 0 Å². The number of aromatic hydroxyl groups is 1. The molecule has 6 rings (SSSR count). The first-order valence-electron chi connectivity index (χ1n) is 15.2. The standard InChI is InChI=1S/C12H9ClO4.C11H8O4.C8H8O2.C6H8O4/c1-7-2-3-8-5-9(11(14)16-6-13)12(15)17-10(8)4-7;1-6-2-3-7-5-8(10(12)13)11(14)15-9(7)4-6;1-6-2-3-7(5-9)8(10)4-6;1-6(2)9-4(7)3-5(8)10-6/h2-5H,6H2,1H3;2-5H,1H3,(H,12,13);2-5,10H,1H3;3H2,1-2H3. The summed E-state index contributed by atoms with van der Waals surface area (Å²) < 4.78 is 23.8. The Labute approximate surface area is 300 Å². The summed E-state index contributed by atoms with van der Waals surface area (Å²) >= 11 is 5.26. The van der Waals surface area contributed by atoms with Crippen molar-refractivity contribution >= 4 is 63.7 Å². The van der Waals surface area contributed by atoms with Crippen molar-refractivity contribution in [1.29, 1.82) is 0 Å². The number of phenolic OH excluding ortho intramolecular Hbond substituents is 1. The van der Waals surface area contributed by atoms with Crippen molar-refractivity contribution in [2.24, 2.45) is 0 Å². The van der Waals surface area contributed by atoms with E-state index >= 15 is 0 Å². The molecule has 1 aliphatic heterocycles. The molecule has 3 heterocycles. The van der Waals surface area contributed by atoms with Crippen molar-refractivity contribution in [2.45, 2.75) is 46.8 Å². The van der Waals surface area contributed by atoms with Crippen molar-refractivity contribution in [2.75, 3.05) is 6.07 Å². The van der Waals surface area contributed by atoms with E-state index in [0.717, 1.165) is 16.7 Å². The number of rotatable bonds is 4. The van der Waals surface area contributed by atoms with E-state index in [-0.39, 0.29) is 29.4 Å². The summed E-state index contributed by atoms with van der Waals surface area (Å²) in [6, 6.07) is 18.0. The van der Waals surface area contributed by atoms with E-state index in [2.05, 4.69) is 14.2 Å². The number of carboxylic acids is 1. The van der Waals surface area contributed by atoms with E-state index in [0.29, 0.717) is 33.8 Å². The number of halogens is 1. The monoisotopic (exact) mass is 736 g/mol. The molecule has 1 aliphatic rings. The van der Waals surface area contributed by atoms with Gasteiger partial charge in [0.05, 0.1) is 5.56 Å². The number of carbonyl (C=O) groups is 5. The average Bonchev–Trinajstić information content (AvgIpc) is 3.04. The molecule has 0 radical (unpaired) electrons. The number of aromatic carboxylic acids is 1. The molecule has 0 atom stereocenters. The topological polar surface area (TPSA) is 214 Å². The molecule has 14 nitrogen and oxygen atoms in total. The van der Waals surface area contributed by atoms with Crippen molar-refractivity contribution < 1.29 is 57.2 Å². The summed E-state index contributed by atoms with van der Waals surface area (Å²) in [6.07, 6.45) is 0.359. The van der Waals surface area contributed by atoms with Gasteiger partial charge >= 0.3 is 35.1 Å². The Kier molecular flexibility index (Phi) is 13.6. The van der Waals surface area contributed by atoms with Crippen molar-refractivity contribution in [3.8, 4) is 5.75 Å². The van der Waals surface area contributed by atoms with Gasteiger partial charge in [0.15, 0.2) is 12.4 Å². The van der Waals surface area contributed by atoms with Gasteiger partial charge in [0.2, 0.25) is 0 Å². The smallest absolute Gasteiger partial charge is 0.351 e. The van der Waals surface area contributed by atoms with Crippen LogP contribution in [0.2, 0.25) is 0 Å². The third-order valence-electron chi connectivity index (χ3n) is 6.74. The number of ether oxygens (including phenoxy) is 3. The molecule has 0 saturated carbocycles. The lowest BCUT2D eigenvalue weighted by Gasteiger charge is -2.28. The number of hydrogen-bond donors (Lipinski definition) is 2. The first-order chi connectivity index (χ1) is 24.4. The van der Waals surface area contributed by atoms with Crippen LogP contribution in [0.15, 0.2) is 85.2 Å². The molecule has 1 saturated heterocycles. The molecule has 2 N–H and O–H groups in total. The van der Waals surface area contributed by atoms with E-state index in [1.54, 1.807) is 42.5 Å². The zero-order chi connectivity index (χ0) is 38.7. The molecule has 0 bridgehead atoms. The Bertz CT molecular complexity index is 2250. The minimum atomic E-state index is -1.27. The molecule has 1 fully saturated rings. The Hall–Kier alpha value is -6.28. The Balaban J connectivity index is 0.000000192.